The molecular weight excluding hydrogens is 635 g/mol. The number of nitrogens with zero attached hydrogens (tertiary/aromatic N) is 3. The molecular formula is C44H25N3O2S. The highest BCUT2D eigenvalue weighted by Gasteiger charge is 2.17. The molecule has 50 heavy (non-hydrogen) atoms. The van der Waals surface area contributed by atoms with Gasteiger partial charge in [-0.05, 0) is 96.1 Å². The first-order valence-corrected chi connectivity index (χ1v) is 17.4. The molecule has 0 radical (unpaired) electrons. The second-order valence-electron chi connectivity index (χ2n) is 12.6. The molecule has 234 valence electrons. The highest BCUT2D eigenvalue weighted by molar-refractivity contribution is 7.25. The maximum atomic E-state index is 6.30. The summed E-state index contributed by atoms with van der Waals surface area (Å²) < 4.78 is 17.5. The Morgan fingerprint density at radius 2 is 0.980 bits per heavy atom. The van der Waals surface area contributed by atoms with Gasteiger partial charge in [-0.2, -0.15) is 0 Å². The van der Waals surface area contributed by atoms with Crippen LogP contribution in [-0.4, -0.2) is 14.5 Å². The Bertz CT molecular complexity index is 3110. The summed E-state index contributed by atoms with van der Waals surface area (Å²) in [5.41, 5.74) is 10.5. The molecule has 0 fully saturated rings. The maximum Gasteiger partial charge on any atom is 0.227 e. The Kier molecular flexibility index (Phi) is 5.76. The number of thiophene rings is 1. The van der Waals surface area contributed by atoms with Crippen molar-refractivity contribution in [3.05, 3.63) is 152 Å². The first kappa shape index (κ1) is 27.5. The van der Waals surface area contributed by atoms with Gasteiger partial charge in [-0.15, -0.1) is 11.3 Å². The molecule has 0 spiro atoms. The third-order valence-corrected chi connectivity index (χ3v) is 10.8. The van der Waals surface area contributed by atoms with Crippen LogP contribution in [0.3, 0.4) is 0 Å². The second-order valence-corrected chi connectivity index (χ2v) is 13.7. The minimum atomic E-state index is 0.554. The summed E-state index contributed by atoms with van der Waals surface area (Å²) in [5.74, 6) is 1.13. The van der Waals surface area contributed by atoms with Gasteiger partial charge in [-0.3, -0.25) is 0 Å². The van der Waals surface area contributed by atoms with Crippen molar-refractivity contribution >= 4 is 75.5 Å². The molecule has 0 saturated heterocycles. The Labute approximate surface area is 289 Å². The van der Waals surface area contributed by atoms with Crippen molar-refractivity contribution in [1.29, 1.82) is 0 Å². The minimum Gasteiger partial charge on any atom is -0.436 e. The summed E-state index contributed by atoms with van der Waals surface area (Å²) >= 11 is 1.83. The van der Waals surface area contributed by atoms with Crippen molar-refractivity contribution in [2.75, 3.05) is 0 Å². The van der Waals surface area contributed by atoms with Crippen LogP contribution in [-0.2, 0) is 0 Å². The van der Waals surface area contributed by atoms with Crippen LogP contribution in [0.15, 0.2) is 160 Å². The summed E-state index contributed by atoms with van der Waals surface area (Å²) in [5, 5.41) is 4.91. The Hall–Kier alpha value is -6.50. The predicted molar refractivity (Wildman–Crippen MR) is 205 cm³/mol. The summed E-state index contributed by atoms with van der Waals surface area (Å²) in [6.07, 6.45) is 0. The molecule has 0 amide bonds. The van der Waals surface area contributed by atoms with Gasteiger partial charge in [0.2, 0.25) is 11.8 Å². The Morgan fingerprint density at radius 1 is 0.420 bits per heavy atom. The molecule has 11 aromatic rings. The second kappa shape index (κ2) is 10.5. The largest absolute Gasteiger partial charge is 0.436 e. The Balaban J connectivity index is 0.953. The molecule has 0 bridgehead atoms. The molecule has 0 aliphatic heterocycles. The smallest absolute Gasteiger partial charge is 0.227 e. The van der Waals surface area contributed by atoms with Crippen LogP contribution >= 0.6 is 11.3 Å². The average molecular weight is 660 g/mol. The van der Waals surface area contributed by atoms with Gasteiger partial charge < -0.3 is 13.4 Å². The van der Waals surface area contributed by atoms with E-state index < -0.39 is 0 Å². The maximum absolute atomic E-state index is 6.30. The van der Waals surface area contributed by atoms with Crippen LogP contribution in [0.5, 0.6) is 0 Å². The standard InChI is InChI=1S/C44H25N3O2S/c1-2-8-30(9-3-1)47-37-12-6-4-10-31(37)33-23-28(14-18-38(33)47)43-46-36-25-29(16-20-40(36)48-43)44-45-35-24-27(15-19-39(35)49-44)26-17-21-42-34(22-26)32-11-5-7-13-41(32)50-42/h1-25H. The fourth-order valence-electron chi connectivity index (χ4n) is 7.28. The fourth-order valence-corrected chi connectivity index (χ4v) is 8.37. The molecule has 0 N–H and O–H groups in total. The average Bonchev–Trinajstić information content (AvgIpc) is 3.95. The van der Waals surface area contributed by atoms with E-state index in [2.05, 4.69) is 126 Å². The number of benzene rings is 7. The number of para-hydroxylation sites is 2. The number of hydrogen-bond donors (Lipinski definition) is 0. The van der Waals surface area contributed by atoms with Gasteiger partial charge in [-0.1, -0.05) is 66.7 Å². The summed E-state index contributed by atoms with van der Waals surface area (Å²) in [6.45, 7) is 0. The zero-order chi connectivity index (χ0) is 32.8. The first-order valence-electron chi connectivity index (χ1n) is 16.6. The lowest BCUT2D eigenvalue weighted by atomic mass is 10.0. The lowest BCUT2D eigenvalue weighted by Crippen LogP contribution is -1.92. The molecule has 11 rings (SSSR count). The van der Waals surface area contributed by atoms with Crippen LogP contribution in [0.2, 0.25) is 0 Å². The number of aromatic nitrogens is 3. The molecule has 5 nitrogen and oxygen atoms in total. The van der Waals surface area contributed by atoms with E-state index in [0.29, 0.717) is 17.4 Å². The molecule has 0 aliphatic carbocycles. The van der Waals surface area contributed by atoms with Crippen molar-refractivity contribution in [2.24, 2.45) is 0 Å². The lowest BCUT2D eigenvalue weighted by Gasteiger charge is -2.07. The van der Waals surface area contributed by atoms with Crippen LogP contribution in [0.1, 0.15) is 0 Å². The summed E-state index contributed by atoms with van der Waals surface area (Å²) in [7, 11) is 0. The van der Waals surface area contributed by atoms with E-state index in [1.807, 2.05) is 41.7 Å². The topological polar surface area (TPSA) is 57.0 Å². The van der Waals surface area contributed by atoms with Gasteiger partial charge in [0.25, 0.3) is 0 Å². The molecule has 0 unspecified atom stereocenters. The van der Waals surface area contributed by atoms with Crippen molar-refractivity contribution in [3.8, 4) is 39.7 Å². The fraction of sp³-hybridized carbons (Fsp3) is 0. The van der Waals surface area contributed by atoms with E-state index in [9.17, 15) is 0 Å². The normalized spacial score (nSPS) is 12.0. The quantitative estimate of drug-likeness (QED) is 0.189. The minimum absolute atomic E-state index is 0.554. The molecule has 7 aromatic carbocycles. The van der Waals surface area contributed by atoms with Gasteiger partial charge in [0, 0.05) is 47.8 Å². The summed E-state index contributed by atoms with van der Waals surface area (Å²) in [4.78, 5) is 9.84. The number of fused-ring (bicyclic) bond motifs is 8. The highest BCUT2D eigenvalue weighted by atomic mass is 32.1. The van der Waals surface area contributed by atoms with E-state index >= 15 is 0 Å². The first-order chi connectivity index (χ1) is 24.7. The molecule has 0 atom stereocenters. The van der Waals surface area contributed by atoms with E-state index in [1.54, 1.807) is 0 Å². The number of oxazole rings is 2. The molecule has 4 aromatic heterocycles. The zero-order valence-electron chi connectivity index (χ0n) is 26.5. The van der Waals surface area contributed by atoms with E-state index in [-0.39, 0.29) is 0 Å². The predicted octanol–water partition coefficient (Wildman–Crippen LogP) is 12.4. The van der Waals surface area contributed by atoms with E-state index in [4.69, 9.17) is 18.8 Å². The van der Waals surface area contributed by atoms with Gasteiger partial charge in [0.1, 0.15) is 11.0 Å². The molecule has 0 aliphatic rings. The van der Waals surface area contributed by atoms with Crippen LogP contribution in [0, 0.1) is 0 Å². The van der Waals surface area contributed by atoms with Gasteiger partial charge in [0.15, 0.2) is 11.2 Å². The zero-order valence-corrected chi connectivity index (χ0v) is 27.3. The molecule has 6 heteroatoms. The van der Waals surface area contributed by atoms with Crippen molar-refractivity contribution in [1.82, 2.24) is 14.5 Å². The van der Waals surface area contributed by atoms with Crippen molar-refractivity contribution < 1.29 is 8.83 Å². The van der Waals surface area contributed by atoms with Crippen molar-refractivity contribution in [2.45, 2.75) is 0 Å². The van der Waals surface area contributed by atoms with Crippen LogP contribution in [0.4, 0.5) is 0 Å². The third kappa shape index (κ3) is 4.19. The van der Waals surface area contributed by atoms with Gasteiger partial charge in [-0.25, -0.2) is 9.97 Å². The third-order valence-electron chi connectivity index (χ3n) is 9.67. The van der Waals surface area contributed by atoms with Crippen LogP contribution < -0.4 is 0 Å². The molecule has 4 heterocycles. The van der Waals surface area contributed by atoms with E-state index in [0.717, 1.165) is 61.0 Å². The monoisotopic (exact) mass is 659 g/mol. The molecule has 0 saturated carbocycles. The van der Waals surface area contributed by atoms with Crippen LogP contribution in [0.25, 0.3) is 104 Å². The SMILES string of the molecule is c1ccc(-n2c3ccccc3c3cc(-c4nc5cc(-c6nc7cc(-c8ccc9sc%10ccccc%10c9c8)ccc7o6)ccc5o4)ccc32)cc1. The Morgan fingerprint density at radius 3 is 1.80 bits per heavy atom. The van der Waals surface area contributed by atoms with Gasteiger partial charge in [0.05, 0.1) is 11.0 Å². The van der Waals surface area contributed by atoms with Gasteiger partial charge >= 0.3 is 0 Å². The lowest BCUT2D eigenvalue weighted by molar-refractivity contribution is 0.618. The number of rotatable bonds is 4. The highest BCUT2D eigenvalue weighted by Crippen LogP contribution is 2.38. The summed E-state index contributed by atoms with van der Waals surface area (Å²) in [6, 6.07) is 52.8. The number of hydrogen-bond acceptors (Lipinski definition) is 5. The van der Waals surface area contributed by atoms with Crippen molar-refractivity contribution in [3.63, 3.8) is 0 Å². The van der Waals surface area contributed by atoms with E-state index in [1.165, 1.54) is 25.6 Å².